The lowest BCUT2D eigenvalue weighted by molar-refractivity contribution is 0.0916. The van der Waals surface area contributed by atoms with Crippen molar-refractivity contribution in [3.8, 4) is 5.69 Å². The smallest absolute Gasteiger partial charge is 0.426 e. The molecule has 2 N–H and O–H groups in total. The minimum absolute atomic E-state index is 0.244. The first-order chi connectivity index (χ1) is 10.0. The fourth-order valence-corrected chi connectivity index (χ4v) is 2.80. The van der Waals surface area contributed by atoms with E-state index in [4.69, 9.17) is 0 Å². The molecule has 0 spiro atoms. The third-order valence-corrected chi connectivity index (χ3v) is 3.82. The Balaban J connectivity index is 2.17. The van der Waals surface area contributed by atoms with Gasteiger partial charge in [0.05, 0.1) is 12.3 Å². The number of rotatable bonds is 3. The Kier molecular flexibility index (Phi) is 4.64. The largest absolute Gasteiger partial charge is 0.449 e. The fourth-order valence-electron chi connectivity index (χ4n) is 2.03. The van der Waals surface area contributed by atoms with E-state index in [1.807, 2.05) is 42.0 Å². The number of hydrazine groups is 1. The van der Waals surface area contributed by atoms with Crippen LogP contribution in [0.2, 0.25) is 0 Å². The van der Waals surface area contributed by atoms with Crippen LogP contribution in [0.3, 0.4) is 0 Å². The Hall–Kier alpha value is -2.28. The number of carbonyl (C=O) groups is 2. The highest BCUT2D eigenvalue weighted by Gasteiger charge is 2.17. The molecule has 6 nitrogen and oxygen atoms in total. The Labute approximate surface area is 126 Å². The van der Waals surface area contributed by atoms with Gasteiger partial charge in [0, 0.05) is 11.4 Å². The van der Waals surface area contributed by atoms with Gasteiger partial charge in [-0.2, -0.15) is 0 Å². The van der Waals surface area contributed by atoms with Crippen molar-refractivity contribution in [2.75, 3.05) is 6.61 Å². The van der Waals surface area contributed by atoms with Crippen molar-refractivity contribution in [2.45, 2.75) is 20.8 Å². The summed E-state index contributed by atoms with van der Waals surface area (Å²) in [5.41, 5.74) is 7.43. The highest BCUT2D eigenvalue weighted by atomic mass is 32.1. The zero-order valence-corrected chi connectivity index (χ0v) is 12.9. The molecule has 2 heterocycles. The van der Waals surface area contributed by atoms with Crippen LogP contribution in [-0.4, -0.2) is 23.2 Å². The summed E-state index contributed by atoms with van der Waals surface area (Å²) in [5.74, 6) is -0.374. The lowest BCUT2D eigenvalue weighted by Gasteiger charge is -2.11. The molecule has 0 bridgehead atoms. The summed E-state index contributed by atoms with van der Waals surface area (Å²) >= 11 is 1.31. The average molecular weight is 307 g/mol. The van der Waals surface area contributed by atoms with E-state index in [0.29, 0.717) is 4.88 Å². The number of aromatic nitrogens is 1. The fraction of sp³-hybridized carbons (Fsp3) is 0.286. The molecular formula is C14H17N3O3S. The van der Waals surface area contributed by atoms with Gasteiger partial charge < -0.3 is 9.30 Å². The molecule has 0 aromatic carbocycles. The van der Waals surface area contributed by atoms with Gasteiger partial charge in [0.1, 0.15) is 4.88 Å². The molecule has 0 atom stereocenters. The van der Waals surface area contributed by atoms with E-state index < -0.39 is 6.09 Å². The van der Waals surface area contributed by atoms with E-state index in [1.54, 1.807) is 6.92 Å². The topological polar surface area (TPSA) is 72.4 Å². The van der Waals surface area contributed by atoms with Gasteiger partial charge in [-0.3, -0.25) is 10.2 Å². The Morgan fingerprint density at radius 2 is 1.86 bits per heavy atom. The second-order valence-electron chi connectivity index (χ2n) is 4.39. The third kappa shape index (κ3) is 3.25. The lowest BCUT2D eigenvalue weighted by atomic mass is 10.3. The van der Waals surface area contributed by atoms with Crippen molar-refractivity contribution in [1.29, 1.82) is 0 Å². The van der Waals surface area contributed by atoms with Crippen LogP contribution in [0.5, 0.6) is 0 Å². The maximum absolute atomic E-state index is 12.2. The van der Waals surface area contributed by atoms with Crippen LogP contribution in [0.15, 0.2) is 23.6 Å². The van der Waals surface area contributed by atoms with Gasteiger partial charge in [-0.25, -0.2) is 10.2 Å². The summed E-state index contributed by atoms with van der Waals surface area (Å²) in [4.78, 5) is 23.9. The van der Waals surface area contributed by atoms with Crippen LogP contribution < -0.4 is 10.9 Å². The van der Waals surface area contributed by atoms with E-state index in [9.17, 15) is 9.59 Å². The maximum atomic E-state index is 12.2. The summed E-state index contributed by atoms with van der Waals surface area (Å²) < 4.78 is 6.68. The molecule has 7 heteroatoms. The zero-order valence-electron chi connectivity index (χ0n) is 12.1. The molecule has 112 valence electrons. The van der Waals surface area contributed by atoms with Gasteiger partial charge in [0.15, 0.2) is 0 Å². The number of hydrogen-bond acceptors (Lipinski definition) is 4. The summed E-state index contributed by atoms with van der Waals surface area (Å²) in [6, 6.07) is 5.86. The average Bonchev–Trinajstić information content (AvgIpc) is 3.03. The number of amides is 2. The summed E-state index contributed by atoms with van der Waals surface area (Å²) in [5, 5.41) is 1.84. The van der Waals surface area contributed by atoms with Crippen molar-refractivity contribution >= 4 is 23.3 Å². The molecule has 2 aromatic heterocycles. The molecule has 0 fully saturated rings. The van der Waals surface area contributed by atoms with E-state index in [1.165, 1.54) is 11.3 Å². The normalized spacial score (nSPS) is 10.2. The van der Waals surface area contributed by atoms with Crippen LogP contribution in [-0.2, 0) is 4.74 Å². The van der Waals surface area contributed by atoms with Crippen LogP contribution >= 0.6 is 11.3 Å². The molecule has 0 aliphatic carbocycles. The quantitative estimate of drug-likeness (QED) is 0.856. The molecule has 0 saturated heterocycles. The minimum Gasteiger partial charge on any atom is -0.449 e. The number of carbonyl (C=O) groups excluding carboxylic acids is 2. The molecule has 21 heavy (non-hydrogen) atoms. The lowest BCUT2D eigenvalue weighted by Crippen LogP contribution is -2.41. The molecule has 0 unspecified atom stereocenters. The monoisotopic (exact) mass is 307 g/mol. The number of ether oxygens (including phenoxy) is 1. The molecule has 2 amide bonds. The molecule has 0 saturated carbocycles. The van der Waals surface area contributed by atoms with Crippen LogP contribution in [0.25, 0.3) is 5.69 Å². The second kappa shape index (κ2) is 6.45. The second-order valence-corrected chi connectivity index (χ2v) is 5.30. The summed E-state index contributed by atoms with van der Waals surface area (Å²) in [6.07, 6.45) is -0.683. The first kappa shape index (κ1) is 15.1. The van der Waals surface area contributed by atoms with Gasteiger partial charge in [0.2, 0.25) is 0 Å². The maximum Gasteiger partial charge on any atom is 0.426 e. The van der Waals surface area contributed by atoms with Crippen LogP contribution in [0.4, 0.5) is 4.79 Å². The first-order valence-corrected chi connectivity index (χ1v) is 7.38. The SMILES string of the molecule is CCOC(=O)NNC(=O)c1sccc1-n1c(C)ccc1C. The predicted molar refractivity (Wildman–Crippen MR) is 80.7 cm³/mol. The van der Waals surface area contributed by atoms with Crippen LogP contribution in [0.1, 0.15) is 28.0 Å². The third-order valence-electron chi connectivity index (χ3n) is 2.92. The van der Waals surface area contributed by atoms with E-state index in [-0.39, 0.29) is 12.5 Å². The van der Waals surface area contributed by atoms with Gasteiger partial charge in [-0.15, -0.1) is 11.3 Å². The van der Waals surface area contributed by atoms with Crippen LogP contribution in [0, 0.1) is 13.8 Å². The minimum atomic E-state index is -0.683. The molecule has 0 radical (unpaired) electrons. The summed E-state index contributed by atoms with van der Waals surface area (Å²) in [6.45, 7) is 5.89. The molecule has 0 aliphatic rings. The van der Waals surface area contributed by atoms with Crippen molar-refractivity contribution in [3.05, 3.63) is 39.8 Å². The molecule has 2 rings (SSSR count). The number of nitrogens with one attached hydrogen (secondary N) is 2. The molecule has 2 aromatic rings. The van der Waals surface area contributed by atoms with Gasteiger partial charge in [-0.05, 0) is 44.4 Å². The van der Waals surface area contributed by atoms with Crippen molar-refractivity contribution in [3.63, 3.8) is 0 Å². The number of hydrogen-bond donors (Lipinski definition) is 2. The highest BCUT2D eigenvalue weighted by molar-refractivity contribution is 7.12. The first-order valence-electron chi connectivity index (χ1n) is 6.50. The number of thiophene rings is 1. The van der Waals surface area contributed by atoms with Crippen molar-refractivity contribution in [1.82, 2.24) is 15.4 Å². The van der Waals surface area contributed by atoms with Gasteiger partial charge in [-0.1, -0.05) is 0 Å². The highest BCUT2D eigenvalue weighted by Crippen LogP contribution is 2.24. The van der Waals surface area contributed by atoms with E-state index >= 15 is 0 Å². The zero-order chi connectivity index (χ0) is 15.4. The summed E-state index contributed by atoms with van der Waals surface area (Å²) in [7, 11) is 0. The Morgan fingerprint density at radius 3 is 2.48 bits per heavy atom. The van der Waals surface area contributed by atoms with Crippen molar-refractivity contribution in [2.24, 2.45) is 0 Å². The van der Waals surface area contributed by atoms with Gasteiger partial charge in [0.25, 0.3) is 5.91 Å². The van der Waals surface area contributed by atoms with E-state index in [2.05, 4.69) is 15.6 Å². The Morgan fingerprint density at radius 1 is 1.19 bits per heavy atom. The predicted octanol–water partition coefficient (Wildman–Crippen LogP) is 2.55. The van der Waals surface area contributed by atoms with Crippen molar-refractivity contribution < 1.29 is 14.3 Å². The molecular weight excluding hydrogens is 290 g/mol. The molecule has 0 aliphatic heterocycles. The number of nitrogens with zero attached hydrogens (tertiary/aromatic N) is 1. The standard InChI is InChI=1S/C14H17N3O3S/c1-4-20-14(19)16-15-13(18)12-11(7-8-21-12)17-9(2)5-6-10(17)3/h5-8H,4H2,1-3H3,(H,15,18)(H,16,19). The Bertz CT molecular complexity index is 641. The number of aryl methyl sites for hydroxylation is 2. The van der Waals surface area contributed by atoms with Gasteiger partial charge >= 0.3 is 6.09 Å². The van der Waals surface area contributed by atoms with E-state index in [0.717, 1.165) is 17.1 Å².